The van der Waals surface area contributed by atoms with Crippen LogP contribution in [0, 0.1) is 41.3 Å². The molecule has 3 unspecified atom stereocenters. The highest BCUT2D eigenvalue weighted by atomic mass is 19.1. The van der Waals surface area contributed by atoms with Crippen molar-refractivity contribution < 1.29 is 9.50 Å². The SMILES string of the molecule is C[C@]12CCC3c4ccc(C#N)c(F)c4CCC3C1CC[C@@H]2O.Cc1ccncc1. The summed E-state index contributed by atoms with van der Waals surface area (Å²) in [6.45, 7) is 4.29. The fourth-order valence-electron chi connectivity index (χ4n) is 6.11. The molecule has 1 heterocycles. The van der Waals surface area contributed by atoms with Crippen LogP contribution < -0.4 is 0 Å². The van der Waals surface area contributed by atoms with Crippen LogP contribution in [0.4, 0.5) is 4.39 Å². The standard InChI is InChI=1S/C19H22FNO.C6H7N/c1-19-9-8-13-12-3-2-11(10-21)18(20)15(12)5-4-14(13)16(19)6-7-17(19)22;1-6-2-4-7-5-3-6/h2-3,13-14,16-17,22H,4-9H2,1H3;2-5H,1H3/t13?,14?,16?,17-,19-;/m0./s1. The largest absolute Gasteiger partial charge is 0.393 e. The number of aliphatic hydroxyl groups excluding tert-OH is 1. The molecule has 1 N–H and O–H groups in total. The number of hydrogen-bond acceptors (Lipinski definition) is 3. The van der Waals surface area contributed by atoms with Crippen LogP contribution >= 0.6 is 0 Å². The summed E-state index contributed by atoms with van der Waals surface area (Å²) in [5, 5.41) is 19.4. The molecule has 0 amide bonds. The molecule has 5 atom stereocenters. The monoisotopic (exact) mass is 392 g/mol. The van der Waals surface area contributed by atoms with Gasteiger partial charge in [0.15, 0.2) is 0 Å². The van der Waals surface area contributed by atoms with Crippen LogP contribution in [-0.4, -0.2) is 16.2 Å². The van der Waals surface area contributed by atoms with E-state index in [1.54, 1.807) is 18.5 Å². The van der Waals surface area contributed by atoms with Crippen molar-refractivity contribution in [3.05, 3.63) is 64.7 Å². The Morgan fingerprint density at radius 2 is 1.90 bits per heavy atom. The molecule has 5 rings (SSSR count). The van der Waals surface area contributed by atoms with Crippen LogP contribution in [0.2, 0.25) is 0 Å². The van der Waals surface area contributed by atoms with Gasteiger partial charge in [-0.15, -0.1) is 0 Å². The summed E-state index contributed by atoms with van der Waals surface area (Å²) in [6, 6.07) is 9.54. The Morgan fingerprint density at radius 1 is 1.14 bits per heavy atom. The zero-order valence-corrected chi connectivity index (χ0v) is 17.2. The number of halogens is 1. The van der Waals surface area contributed by atoms with Crippen molar-refractivity contribution in [3.63, 3.8) is 0 Å². The molecule has 0 bridgehead atoms. The average Bonchev–Trinajstić information content (AvgIpc) is 3.04. The van der Waals surface area contributed by atoms with E-state index in [1.165, 1.54) is 5.56 Å². The molecule has 4 heteroatoms. The van der Waals surface area contributed by atoms with E-state index in [0.717, 1.165) is 49.7 Å². The molecular weight excluding hydrogens is 363 g/mol. The van der Waals surface area contributed by atoms with Gasteiger partial charge in [0.2, 0.25) is 0 Å². The van der Waals surface area contributed by atoms with Crippen molar-refractivity contribution in [1.29, 1.82) is 5.26 Å². The Balaban J connectivity index is 0.000000249. The molecule has 1 aromatic heterocycles. The maximum absolute atomic E-state index is 14.5. The first-order valence-corrected chi connectivity index (χ1v) is 10.7. The third-order valence-electron chi connectivity index (χ3n) is 7.76. The molecule has 0 radical (unpaired) electrons. The first-order chi connectivity index (χ1) is 14.0. The summed E-state index contributed by atoms with van der Waals surface area (Å²) in [5.74, 6) is 1.25. The molecule has 1 aromatic carbocycles. The van der Waals surface area contributed by atoms with E-state index in [1.807, 2.05) is 31.2 Å². The Bertz CT molecular complexity index is 922. The van der Waals surface area contributed by atoms with Gasteiger partial charge in [0.05, 0.1) is 11.7 Å². The Morgan fingerprint density at radius 3 is 2.55 bits per heavy atom. The lowest BCUT2D eigenvalue weighted by Gasteiger charge is -2.50. The van der Waals surface area contributed by atoms with E-state index < -0.39 is 0 Å². The Labute approximate surface area is 172 Å². The van der Waals surface area contributed by atoms with Crippen LogP contribution in [0.3, 0.4) is 0 Å². The number of rotatable bonds is 0. The van der Waals surface area contributed by atoms with E-state index in [0.29, 0.717) is 17.8 Å². The fraction of sp³-hybridized carbons (Fsp3) is 0.520. The lowest BCUT2D eigenvalue weighted by molar-refractivity contribution is -0.0227. The molecule has 3 aliphatic rings. The lowest BCUT2D eigenvalue weighted by Crippen LogP contribution is -2.44. The molecule has 2 fully saturated rings. The average molecular weight is 393 g/mol. The molecule has 29 heavy (non-hydrogen) atoms. The van der Waals surface area contributed by atoms with E-state index in [9.17, 15) is 9.50 Å². The van der Waals surface area contributed by atoms with Crippen molar-refractivity contribution in [2.24, 2.45) is 17.3 Å². The summed E-state index contributed by atoms with van der Waals surface area (Å²) in [4.78, 5) is 3.85. The van der Waals surface area contributed by atoms with Crippen LogP contribution in [-0.2, 0) is 6.42 Å². The van der Waals surface area contributed by atoms with Crippen LogP contribution in [0.5, 0.6) is 0 Å². The topological polar surface area (TPSA) is 56.9 Å². The summed E-state index contributed by atoms with van der Waals surface area (Å²) in [6.07, 6.45) is 9.22. The first kappa shape index (κ1) is 20.0. The van der Waals surface area contributed by atoms with Gasteiger partial charge in [-0.1, -0.05) is 13.0 Å². The van der Waals surface area contributed by atoms with E-state index in [-0.39, 0.29) is 22.9 Å². The quantitative estimate of drug-likeness (QED) is 0.661. The molecule has 3 nitrogen and oxygen atoms in total. The zero-order chi connectivity index (χ0) is 20.6. The number of pyridine rings is 1. The van der Waals surface area contributed by atoms with Crippen LogP contribution in [0.1, 0.15) is 67.2 Å². The second kappa shape index (κ2) is 7.88. The molecule has 2 aromatic rings. The third kappa shape index (κ3) is 3.46. The van der Waals surface area contributed by atoms with Gasteiger partial charge in [0, 0.05) is 12.4 Å². The van der Waals surface area contributed by atoms with Gasteiger partial charge in [-0.25, -0.2) is 4.39 Å². The molecule has 0 spiro atoms. The number of nitrogens with zero attached hydrogens (tertiary/aromatic N) is 2. The number of fused-ring (bicyclic) bond motifs is 5. The van der Waals surface area contributed by atoms with Gasteiger partial charge in [0.25, 0.3) is 0 Å². The van der Waals surface area contributed by atoms with Crippen molar-refractivity contribution in [2.45, 2.75) is 64.4 Å². The van der Waals surface area contributed by atoms with Gasteiger partial charge < -0.3 is 5.11 Å². The highest BCUT2D eigenvalue weighted by Crippen LogP contribution is 2.60. The van der Waals surface area contributed by atoms with Crippen molar-refractivity contribution in [3.8, 4) is 6.07 Å². The number of aromatic nitrogens is 1. The van der Waals surface area contributed by atoms with Gasteiger partial charge in [0.1, 0.15) is 11.9 Å². The predicted molar refractivity (Wildman–Crippen MR) is 111 cm³/mol. The van der Waals surface area contributed by atoms with E-state index in [2.05, 4.69) is 11.9 Å². The third-order valence-corrected chi connectivity index (χ3v) is 7.76. The second-order valence-corrected chi connectivity index (χ2v) is 9.18. The molecule has 3 aliphatic carbocycles. The minimum absolute atomic E-state index is 0.0593. The second-order valence-electron chi connectivity index (χ2n) is 9.18. The van der Waals surface area contributed by atoms with Crippen molar-refractivity contribution in [2.75, 3.05) is 0 Å². The Kier molecular flexibility index (Phi) is 5.44. The van der Waals surface area contributed by atoms with Gasteiger partial charge in [-0.2, -0.15) is 5.26 Å². The molecule has 2 saturated carbocycles. The molecular formula is C25H29FN2O. The van der Waals surface area contributed by atoms with Crippen molar-refractivity contribution >= 4 is 0 Å². The highest BCUT2D eigenvalue weighted by Gasteiger charge is 2.54. The van der Waals surface area contributed by atoms with Gasteiger partial charge in [-0.3, -0.25) is 4.98 Å². The maximum Gasteiger partial charge on any atom is 0.144 e. The number of aryl methyl sites for hydroxylation is 1. The highest BCUT2D eigenvalue weighted by molar-refractivity contribution is 5.43. The van der Waals surface area contributed by atoms with Gasteiger partial charge >= 0.3 is 0 Å². The fourth-order valence-corrected chi connectivity index (χ4v) is 6.11. The van der Waals surface area contributed by atoms with Crippen LogP contribution in [0.25, 0.3) is 0 Å². The molecule has 0 saturated heterocycles. The Hall–Kier alpha value is -2.25. The van der Waals surface area contributed by atoms with E-state index >= 15 is 0 Å². The minimum atomic E-state index is -0.293. The predicted octanol–water partition coefficient (Wildman–Crippen LogP) is 5.30. The lowest BCUT2D eigenvalue weighted by atomic mass is 9.55. The number of nitriles is 1. The summed E-state index contributed by atoms with van der Waals surface area (Å²) in [5.41, 5.74) is 3.41. The number of hydrogen-bond donors (Lipinski definition) is 1. The number of benzene rings is 1. The van der Waals surface area contributed by atoms with Gasteiger partial charge in [-0.05, 0) is 104 Å². The normalized spacial score (nSPS) is 32.1. The van der Waals surface area contributed by atoms with E-state index in [4.69, 9.17) is 5.26 Å². The minimum Gasteiger partial charge on any atom is -0.393 e. The molecule has 0 aliphatic heterocycles. The first-order valence-electron chi connectivity index (χ1n) is 10.7. The van der Waals surface area contributed by atoms with Crippen molar-refractivity contribution in [1.82, 2.24) is 4.98 Å². The van der Waals surface area contributed by atoms with Crippen LogP contribution in [0.15, 0.2) is 36.7 Å². The summed E-state index contributed by atoms with van der Waals surface area (Å²) >= 11 is 0. The molecule has 152 valence electrons. The zero-order valence-electron chi connectivity index (χ0n) is 17.2. The maximum atomic E-state index is 14.5. The number of aliphatic hydroxyl groups is 1. The summed E-state index contributed by atoms with van der Waals surface area (Å²) in [7, 11) is 0. The smallest absolute Gasteiger partial charge is 0.144 e. The summed E-state index contributed by atoms with van der Waals surface area (Å²) < 4.78 is 14.5.